The van der Waals surface area contributed by atoms with Crippen molar-refractivity contribution in [2.24, 2.45) is 5.92 Å². The van der Waals surface area contributed by atoms with Crippen LogP contribution in [0.15, 0.2) is 48.5 Å². The number of carbonyl (C=O) groups is 2. The quantitative estimate of drug-likeness (QED) is 0.864. The molecular formula is C19H20FN3O3. The van der Waals surface area contributed by atoms with E-state index in [-0.39, 0.29) is 23.7 Å². The molecule has 1 aliphatic heterocycles. The lowest BCUT2D eigenvalue weighted by molar-refractivity contribution is -0.117. The van der Waals surface area contributed by atoms with Gasteiger partial charge in [-0.1, -0.05) is 0 Å². The minimum Gasteiger partial charge on any atom is -0.497 e. The first-order valence-corrected chi connectivity index (χ1v) is 8.30. The van der Waals surface area contributed by atoms with Crippen molar-refractivity contribution in [3.63, 3.8) is 0 Å². The summed E-state index contributed by atoms with van der Waals surface area (Å²) >= 11 is 0. The number of ether oxygens (including phenoxy) is 1. The van der Waals surface area contributed by atoms with Gasteiger partial charge in [0.15, 0.2) is 0 Å². The highest BCUT2D eigenvalue weighted by Crippen LogP contribution is 2.25. The van der Waals surface area contributed by atoms with Crippen LogP contribution in [0.25, 0.3) is 0 Å². The Morgan fingerprint density at radius 2 is 1.88 bits per heavy atom. The number of hydrogen-bond acceptors (Lipinski definition) is 3. The Kier molecular flexibility index (Phi) is 5.36. The number of amides is 3. The number of methoxy groups -OCH3 is 1. The molecule has 2 aromatic rings. The van der Waals surface area contributed by atoms with Gasteiger partial charge in [-0.05, 0) is 48.5 Å². The van der Waals surface area contributed by atoms with Gasteiger partial charge in [-0.2, -0.15) is 0 Å². The highest BCUT2D eigenvalue weighted by atomic mass is 19.1. The zero-order valence-corrected chi connectivity index (χ0v) is 14.4. The second-order valence-electron chi connectivity index (χ2n) is 6.11. The summed E-state index contributed by atoms with van der Waals surface area (Å²) in [4.78, 5) is 25.8. The summed E-state index contributed by atoms with van der Waals surface area (Å²) in [7, 11) is 1.58. The average molecular weight is 357 g/mol. The van der Waals surface area contributed by atoms with Crippen LogP contribution in [-0.2, 0) is 4.79 Å². The maximum absolute atomic E-state index is 13.0. The van der Waals surface area contributed by atoms with Crippen LogP contribution in [0.5, 0.6) is 5.75 Å². The highest BCUT2D eigenvalue weighted by molar-refractivity contribution is 5.96. The van der Waals surface area contributed by atoms with Crippen molar-refractivity contribution in [1.82, 2.24) is 5.32 Å². The molecule has 1 saturated heterocycles. The molecule has 3 rings (SSSR count). The number of halogens is 1. The lowest BCUT2D eigenvalue weighted by Crippen LogP contribution is -2.34. The van der Waals surface area contributed by atoms with Crippen LogP contribution in [0.1, 0.15) is 6.42 Å². The molecule has 1 fully saturated rings. The molecule has 0 saturated carbocycles. The standard InChI is InChI=1S/C19H20FN3O3/c1-26-17-8-4-15(5-9-17)22-19(25)21-11-13-10-18(24)23(12-13)16-6-2-14(20)3-7-16/h2-9,13H,10-12H2,1H3,(H2,21,22,25)/t13-/m1/s1. The summed E-state index contributed by atoms with van der Waals surface area (Å²) in [6, 6.07) is 12.5. The van der Waals surface area contributed by atoms with Gasteiger partial charge >= 0.3 is 6.03 Å². The third-order valence-electron chi connectivity index (χ3n) is 4.24. The van der Waals surface area contributed by atoms with Crippen molar-refractivity contribution in [3.05, 3.63) is 54.3 Å². The molecule has 1 heterocycles. The van der Waals surface area contributed by atoms with E-state index in [1.165, 1.54) is 12.1 Å². The number of benzene rings is 2. The second-order valence-corrected chi connectivity index (χ2v) is 6.11. The maximum atomic E-state index is 13.0. The normalized spacial score (nSPS) is 16.5. The predicted molar refractivity (Wildman–Crippen MR) is 96.9 cm³/mol. The number of nitrogens with zero attached hydrogens (tertiary/aromatic N) is 1. The molecule has 136 valence electrons. The molecule has 0 radical (unpaired) electrons. The lowest BCUT2D eigenvalue weighted by Gasteiger charge is -2.17. The van der Waals surface area contributed by atoms with Gasteiger partial charge in [0.1, 0.15) is 11.6 Å². The Morgan fingerprint density at radius 3 is 2.54 bits per heavy atom. The topological polar surface area (TPSA) is 70.7 Å². The molecule has 6 nitrogen and oxygen atoms in total. The van der Waals surface area contributed by atoms with Crippen LogP contribution in [0.2, 0.25) is 0 Å². The number of nitrogens with one attached hydrogen (secondary N) is 2. The van der Waals surface area contributed by atoms with Crippen LogP contribution < -0.4 is 20.3 Å². The zero-order chi connectivity index (χ0) is 18.5. The van der Waals surface area contributed by atoms with Crippen molar-refractivity contribution in [3.8, 4) is 5.75 Å². The zero-order valence-electron chi connectivity index (χ0n) is 14.4. The van der Waals surface area contributed by atoms with Crippen LogP contribution >= 0.6 is 0 Å². The fourth-order valence-corrected chi connectivity index (χ4v) is 2.88. The van der Waals surface area contributed by atoms with Crippen molar-refractivity contribution in [2.45, 2.75) is 6.42 Å². The fourth-order valence-electron chi connectivity index (χ4n) is 2.88. The number of hydrogen-bond donors (Lipinski definition) is 2. The largest absolute Gasteiger partial charge is 0.497 e. The molecule has 0 bridgehead atoms. The summed E-state index contributed by atoms with van der Waals surface area (Å²) in [5, 5.41) is 5.51. The van der Waals surface area contributed by atoms with Crippen molar-refractivity contribution >= 4 is 23.3 Å². The Bertz CT molecular complexity index is 778. The molecule has 2 aromatic carbocycles. The number of rotatable bonds is 5. The summed E-state index contributed by atoms with van der Waals surface area (Å²) in [6.07, 6.45) is 0.347. The molecule has 0 spiro atoms. The molecule has 1 aliphatic rings. The molecule has 26 heavy (non-hydrogen) atoms. The van der Waals surface area contributed by atoms with Crippen LogP contribution in [-0.4, -0.2) is 32.1 Å². The van der Waals surface area contributed by atoms with Crippen LogP contribution in [0.3, 0.4) is 0 Å². The van der Waals surface area contributed by atoms with Gasteiger partial charge in [-0.3, -0.25) is 4.79 Å². The Morgan fingerprint density at radius 1 is 1.19 bits per heavy atom. The SMILES string of the molecule is COc1ccc(NC(=O)NC[C@H]2CC(=O)N(c3ccc(F)cc3)C2)cc1. The predicted octanol–water partition coefficient (Wildman–Crippen LogP) is 3.01. The molecule has 0 aromatic heterocycles. The lowest BCUT2D eigenvalue weighted by atomic mass is 10.1. The van der Waals surface area contributed by atoms with Crippen LogP contribution in [0, 0.1) is 11.7 Å². The van der Waals surface area contributed by atoms with Gasteiger partial charge in [0.2, 0.25) is 5.91 Å². The molecule has 1 atom stereocenters. The summed E-state index contributed by atoms with van der Waals surface area (Å²) < 4.78 is 18.1. The number of carbonyl (C=O) groups excluding carboxylic acids is 2. The second kappa shape index (κ2) is 7.86. The van der Waals surface area contributed by atoms with Gasteiger partial charge in [0.25, 0.3) is 0 Å². The molecule has 0 aliphatic carbocycles. The average Bonchev–Trinajstić information content (AvgIpc) is 3.02. The molecule has 0 unspecified atom stereocenters. The molecule has 3 amide bonds. The monoisotopic (exact) mass is 357 g/mol. The van der Waals surface area contributed by atoms with Crippen molar-refractivity contribution < 1.29 is 18.7 Å². The van der Waals surface area contributed by atoms with E-state index in [4.69, 9.17) is 4.74 Å². The first-order chi connectivity index (χ1) is 12.5. The fraction of sp³-hybridized carbons (Fsp3) is 0.263. The minimum absolute atomic E-state index is 0.00849. The number of anilines is 2. The van der Waals surface area contributed by atoms with E-state index < -0.39 is 0 Å². The van der Waals surface area contributed by atoms with E-state index in [1.807, 2.05) is 0 Å². The minimum atomic E-state index is -0.339. The Hall–Kier alpha value is -3.09. The van der Waals surface area contributed by atoms with E-state index in [1.54, 1.807) is 48.4 Å². The third-order valence-corrected chi connectivity index (χ3v) is 4.24. The summed E-state index contributed by atoms with van der Waals surface area (Å²) in [5.74, 6) is 0.350. The number of urea groups is 1. The smallest absolute Gasteiger partial charge is 0.319 e. The van der Waals surface area contributed by atoms with Gasteiger partial charge in [0.05, 0.1) is 7.11 Å². The van der Waals surface area contributed by atoms with Crippen molar-refractivity contribution in [1.29, 1.82) is 0 Å². The Labute approximate surface area is 150 Å². The Balaban J connectivity index is 1.49. The van der Waals surface area contributed by atoms with E-state index in [0.29, 0.717) is 36.6 Å². The van der Waals surface area contributed by atoms with E-state index >= 15 is 0 Å². The van der Waals surface area contributed by atoms with E-state index in [0.717, 1.165) is 0 Å². The highest BCUT2D eigenvalue weighted by Gasteiger charge is 2.30. The van der Waals surface area contributed by atoms with Gasteiger partial charge in [0, 0.05) is 36.8 Å². The third kappa shape index (κ3) is 4.30. The van der Waals surface area contributed by atoms with Crippen molar-refractivity contribution in [2.75, 3.05) is 30.4 Å². The van der Waals surface area contributed by atoms with Gasteiger partial charge in [-0.15, -0.1) is 0 Å². The first-order valence-electron chi connectivity index (χ1n) is 8.30. The summed E-state index contributed by atoms with van der Waals surface area (Å²) in [6.45, 7) is 0.874. The summed E-state index contributed by atoms with van der Waals surface area (Å²) in [5.41, 5.74) is 1.32. The van der Waals surface area contributed by atoms with E-state index in [2.05, 4.69) is 10.6 Å². The van der Waals surface area contributed by atoms with Gasteiger partial charge in [-0.25, -0.2) is 9.18 Å². The molecule has 2 N–H and O–H groups in total. The molecular weight excluding hydrogens is 337 g/mol. The van der Waals surface area contributed by atoms with Gasteiger partial charge < -0.3 is 20.3 Å². The molecule has 7 heteroatoms. The maximum Gasteiger partial charge on any atom is 0.319 e. The van der Waals surface area contributed by atoms with E-state index in [9.17, 15) is 14.0 Å². The van der Waals surface area contributed by atoms with Crippen LogP contribution in [0.4, 0.5) is 20.6 Å². The first kappa shape index (κ1) is 17.7.